The Kier molecular flexibility index (Phi) is 5.61. The Morgan fingerprint density at radius 3 is 2.52 bits per heavy atom. The number of nitrogens with zero attached hydrogens (tertiary/aromatic N) is 1. The van der Waals surface area contributed by atoms with Crippen LogP contribution >= 0.6 is 11.6 Å². The van der Waals surface area contributed by atoms with Crippen molar-refractivity contribution in [2.24, 2.45) is 4.99 Å². The lowest BCUT2D eigenvalue weighted by Crippen LogP contribution is -2.56. The summed E-state index contributed by atoms with van der Waals surface area (Å²) in [5.74, 6) is 0.940. The van der Waals surface area contributed by atoms with Crippen molar-refractivity contribution in [3.05, 3.63) is 59.1 Å². The highest BCUT2D eigenvalue weighted by molar-refractivity contribution is 6.31. The third kappa shape index (κ3) is 3.80. The third-order valence-corrected chi connectivity index (χ3v) is 5.22. The van der Waals surface area contributed by atoms with Crippen LogP contribution in [0.5, 0.6) is 0 Å². The van der Waals surface area contributed by atoms with E-state index in [-0.39, 0.29) is 5.54 Å². The van der Waals surface area contributed by atoms with Crippen LogP contribution in [0.1, 0.15) is 32.3 Å². The second kappa shape index (κ2) is 7.89. The van der Waals surface area contributed by atoms with E-state index in [0.29, 0.717) is 0 Å². The van der Waals surface area contributed by atoms with Crippen LogP contribution in [0, 0.1) is 0 Å². The first-order valence-corrected chi connectivity index (χ1v) is 9.25. The number of hydrogen-bond donors (Lipinski definition) is 3. The summed E-state index contributed by atoms with van der Waals surface area (Å²) in [6.07, 6.45) is 2.76. The topological polar surface area (TPSA) is 48.5 Å². The molecule has 1 aliphatic heterocycles. The molecule has 3 N–H and O–H groups in total. The van der Waals surface area contributed by atoms with Crippen LogP contribution in [0.3, 0.4) is 0 Å². The van der Waals surface area contributed by atoms with Crippen molar-refractivity contribution in [2.75, 3.05) is 11.9 Å². The third-order valence-electron chi connectivity index (χ3n) is 4.85. The minimum absolute atomic E-state index is 0.175. The summed E-state index contributed by atoms with van der Waals surface area (Å²) in [5.41, 5.74) is 9.67. The molecular formula is C20H25ClN4. The van der Waals surface area contributed by atoms with Gasteiger partial charge in [-0.3, -0.25) is 0 Å². The smallest absolute Gasteiger partial charge is 0.142 e. The number of hydrazine groups is 1. The van der Waals surface area contributed by atoms with Gasteiger partial charge in [0, 0.05) is 11.6 Å². The normalized spacial score (nSPS) is 15.1. The molecule has 0 atom stereocenters. The van der Waals surface area contributed by atoms with Crippen LogP contribution in [0.4, 0.5) is 11.4 Å². The van der Waals surface area contributed by atoms with Crippen molar-refractivity contribution in [2.45, 2.75) is 38.6 Å². The fourth-order valence-corrected chi connectivity index (χ4v) is 3.41. The number of halogens is 1. The molecule has 3 rings (SSSR count). The molecule has 1 aliphatic rings. The largest absolute Gasteiger partial charge is 0.371 e. The summed E-state index contributed by atoms with van der Waals surface area (Å²) < 4.78 is 0. The Labute approximate surface area is 154 Å². The second-order valence-corrected chi connectivity index (χ2v) is 6.69. The first-order chi connectivity index (χ1) is 12.2. The van der Waals surface area contributed by atoms with Crippen molar-refractivity contribution in [3.8, 4) is 0 Å². The van der Waals surface area contributed by atoms with Crippen LogP contribution in [0.25, 0.3) is 0 Å². The van der Waals surface area contributed by atoms with Crippen LogP contribution in [0.15, 0.2) is 53.5 Å². The second-order valence-electron chi connectivity index (χ2n) is 6.28. The van der Waals surface area contributed by atoms with Gasteiger partial charge in [-0.25, -0.2) is 10.4 Å². The van der Waals surface area contributed by atoms with Gasteiger partial charge in [-0.05, 0) is 43.0 Å². The number of amidine groups is 1. The summed E-state index contributed by atoms with van der Waals surface area (Å²) in [6.45, 7) is 5.14. The molecule has 0 amide bonds. The molecule has 25 heavy (non-hydrogen) atoms. The highest BCUT2D eigenvalue weighted by Gasteiger charge is 2.36. The summed E-state index contributed by atoms with van der Waals surface area (Å²) in [7, 11) is 0. The maximum absolute atomic E-state index is 6.22. The van der Waals surface area contributed by atoms with Crippen molar-refractivity contribution >= 4 is 28.8 Å². The molecule has 0 saturated carbocycles. The van der Waals surface area contributed by atoms with Crippen LogP contribution in [-0.4, -0.2) is 17.9 Å². The minimum atomic E-state index is -0.175. The number of aliphatic imine (C=N–C) groups is 1. The first kappa shape index (κ1) is 17.8. The molecule has 0 unspecified atom stereocenters. The molecule has 0 saturated heterocycles. The monoisotopic (exact) mass is 356 g/mol. The highest BCUT2D eigenvalue weighted by atomic mass is 35.5. The van der Waals surface area contributed by atoms with Gasteiger partial charge in [0.2, 0.25) is 0 Å². The average molecular weight is 357 g/mol. The van der Waals surface area contributed by atoms with Gasteiger partial charge in [-0.1, -0.05) is 55.8 Å². The standard InChI is InChI=1S/C20H25ClN4/c1-3-20(4-2)19(23-17-11-7-8-12-18(17)24-20)25-22-14-13-15-9-5-6-10-16(15)21/h5-12,22,24H,3-4,13-14H2,1-2H3,(H,23,25). The molecular weight excluding hydrogens is 332 g/mol. The van der Waals surface area contributed by atoms with E-state index < -0.39 is 0 Å². The molecule has 0 bridgehead atoms. The molecule has 1 heterocycles. The Hall–Kier alpha value is -2.04. The maximum atomic E-state index is 6.22. The zero-order valence-corrected chi connectivity index (χ0v) is 15.5. The molecule has 2 aromatic carbocycles. The Bertz CT molecular complexity index is 753. The van der Waals surface area contributed by atoms with Crippen LogP contribution in [0.2, 0.25) is 5.02 Å². The van der Waals surface area contributed by atoms with E-state index in [1.807, 2.05) is 36.4 Å². The Morgan fingerprint density at radius 1 is 1.04 bits per heavy atom. The average Bonchev–Trinajstić information content (AvgIpc) is 2.65. The van der Waals surface area contributed by atoms with Gasteiger partial charge in [0.15, 0.2) is 0 Å². The van der Waals surface area contributed by atoms with Crippen molar-refractivity contribution < 1.29 is 0 Å². The van der Waals surface area contributed by atoms with E-state index in [4.69, 9.17) is 16.6 Å². The predicted molar refractivity (Wildman–Crippen MR) is 107 cm³/mol. The van der Waals surface area contributed by atoms with Crippen molar-refractivity contribution in [1.29, 1.82) is 0 Å². The van der Waals surface area contributed by atoms with Crippen LogP contribution < -0.4 is 16.2 Å². The Balaban J connectivity index is 1.69. The minimum Gasteiger partial charge on any atom is -0.371 e. The van der Waals surface area contributed by atoms with E-state index in [0.717, 1.165) is 53.6 Å². The van der Waals surface area contributed by atoms with Gasteiger partial charge in [0.1, 0.15) is 5.84 Å². The van der Waals surface area contributed by atoms with Crippen LogP contribution in [-0.2, 0) is 6.42 Å². The zero-order valence-electron chi connectivity index (χ0n) is 14.8. The lowest BCUT2D eigenvalue weighted by molar-refractivity contribution is 0.524. The highest BCUT2D eigenvalue weighted by Crippen LogP contribution is 2.35. The molecule has 132 valence electrons. The SMILES string of the molecule is CCC1(CC)Nc2ccccc2N=C1NNCCc1ccccc1Cl. The van der Waals surface area contributed by atoms with Gasteiger partial charge in [0.05, 0.1) is 16.9 Å². The fourth-order valence-electron chi connectivity index (χ4n) is 3.18. The van der Waals surface area contributed by atoms with Gasteiger partial charge < -0.3 is 10.7 Å². The van der Waals surface area contributed by atoms with Gasteiger partial charge in [0.25, 0.3) is 0 Å². The van der Waals surface area contributed by atoms with E-state index in [1.165, 1.54) is 0 Å². The number of rotatable bonds is 6. The lowest BCUT2D eigenvalue weighted by Gasteiger charge is -2.39. The summed E-state index contributed by atoms with van der Waals surface area (Å²) in [4.78, 5) is 4.86. The van der Waals surface area contributed by atoms with E-state index in [9.17, 15) is 0 Å². The molecule has 0 aromatic heterocycles. The molecule has 2 aromatic rings. The molecule has 0 fully saturated rings. The van der Waals surface area contributed by atoms with Crippen molar-refractivity contribution in [3.63, 3.8) is 0 Å². The molecule has 0 aliphatic carbocycles. The van der Waals surface area contributed by atoms with Gasteiger partial charge in [-0.15, -0.1) is 0 Å². The van der Waals surface area contributed by atoms with E-state index in [1.54, 1.807) is 0 Å². The summed E-state index contributed by atoms with van der Waals surface area (Å²) >= 11 is 6.22. The van der Waals surface area contributed by atoms with Gasteiger partial charge >= 0.3 is 0 Å². The quantitative estimate of drug-likeness (QED) is 0.519. The number of fused-ring (bicyclic) bond motifs is 1. The predicted octanol–water partition coefficient (Wildman–Crippen LogP) is 4.69. The summed E-state index contributed by atoms with van der Waals surface area (Å²) in [6, 6.07) is 16.1. The molecule has 0 radical (unpaired) electrons. The number of benzene rings is 2. The number of anilines is 1. The van der Waals surface area contributed by atoms with E-state index in [2.05, 4.69) is 42.1 Å². The molecule has 4 nitrogen and oxygen atoms in total. The number of para-hydroxylation sites is 2. The van der Waals surface area contributed by atoms with Crippen molar-refractivity contribution in [1.82, 2.24) is 10.9 Å². The number of nitrogens with one attached hydrogen (secondary N) is 3. The zero-order chi connectivity index (χ0) is 17.7. The lowest BCUT2D eigenvalue weighted by atomic mass is 9.89. The maximum Gasteiger partial charge on any atom is 0.142 e. The van der Waals surface area contributed by atoms with Gasteiger partial charge in [-0.2, -0.15) is 0 Å². The fraction of sp³-hybridized carbons (Fsp3) is 0.350. The number of hydrogen-bond acceptors (Lipinski definition) is 4. The molecule has 0 spiro atoms. The first-order valence-electron chi connectivity index (χ1n) is 8.87. The summed E-state index contributed by atoms with van der Waals surface area (Å²) in [5, 5.41) is 4.48. The molecule has 5 heteroatoms. The Morgan fingerprint density at radius 2 is 1.76 bits per heavy atom. The van der Waals surface area contributed by atoms with E-state index >= 15 is 0 Å².